The SMILES string of the molecule is CCCC/C=[C](/C)[Zr+]([C]1=CC=CC1)[C]1=CC=CC1.[Cl-]. The molecule has 0 saturated carbocycles. The van der Waals surface area contributed by atoms with Crippen molar-refractivity contribution in [1.29, 1.82) is 0 Å². The summed E-state index contributed by atoms with van der Waals surface area (Å²) in [6, 6.07) is 0. The average Bonchev–Trinajstić information content (AvgIpc) is 3.03. The first-order valence-corrected chi connectivity index (χ1v) is 10.8. The number of rotatable bonds is 6. The maximum Gasteiger partial charge on any atom is -1.00 e. The van der Waals surface area contributed by atoms with Crippen molar-refractivity contribution in [2.24, 2.45) is 0 Å². The molecule has 2 aliphatic rings. The van der Waals surface area contributed by atoms with Crippen molar-refractivity contribution in [3.8, 4) is 0 Å². The molecule has 0 nitrogen and oxygen atoms in total. The molecule has 0 saturated heterocycles. The topological polar surface area (TPSA) is 0 Å². The zero-order valence-corrected chi connectivity index (χ0v) is 15.2. The van der Waals surface area contributed by atoms with Crippen molar-refractivity contribution in [2.45, 2.75) is 46.0 Å². The van der Waals surface area contributed by atoms with Crippen LogP contribution in [0.4, 0.5) is 0 Å². The molecule has 102 valence electrons. The van der Waals surface area contributed by atoms with E-state index < -0.39 is 21.8 Å². The fourth-order valence-electron chi connectivity index (χ4n) is 2.60. The first-order chi connectivity index (χ1) is 8.83. The molecule has 0 aromatic heterocycles. The minimum absolute atomic E-state index is 0. The van der Waals surface area contributed by atoms with E-state index in [4.69, 9.17) is 0 Å². The summed E-state index contributed by atoms with van der Waals surface area (Å²) in [5, 5.41) is 0. The second-order valence-electron chi connectivity index (χ2n) is 5.05. The Labute approximate surface area is 132 Å². The van der Waals surface area contributed by atoms with Crippen LogP contribution in [0.15, 0.2) is 52.4 Å². The smallest absolute Gasteiger partial charge is 1.00 e. The molecule has 0 aliphatic heterocycles. The summed E-state index contributed by atoms with van der Waals surface area (Å²) >= 11 is -1.67. The second-order valence-corrected chi connectivity index (χ2v) is 12.0. The van der Waals surface area contributed by atoms with Crippen LogP contribution in [0, 0.1) is 0 Å². The predicted molar refractivity (Wildman–Crippen MR) is 77.0 cm³/mol. The van der Waals surface area contributed by atoms with Gasteiger partial charge < -0.3 is 12.4 Å². The maximum absolute atomic E-state index is 2.54. The molecule has 19 heavy (non-hydrogen) atoms. The third-order valence-electron chi connectivity index (χ3n) is 3.59. The van der Waals surface area contributed by atoms with Crippen molar-refractivity contribution in [2.75, 3.05) is 0 Å². The van der Waals surface area contributed by atoms with E-state index in [2.05, 4.69) is 56.4 Å². The zero-order valence-electron chi connectivity index (χ0n) is 12.0. The van der Waals surface area contributed by atoms with Crippen molar-refractivity contribution < 1.29 is 34.2 Å². The molecule has 2 rings (SSSR count). The third kappa shape index (κ3) is 4.72. The summed E-state index contributed by atoms with van der Waals surface area (Å²) in [5.74, 6) is 0. The molecular formula is C17H23ClZr. The number of hydrogen-bond acceptors (Lipinski definition) is 0. The molecule has 0 aromatic carbocycles. The fourth-order valence-corrected chi connectivity index (χ4v) is 9.84. The van der Waals surface area contributed by atoms with Crippen LogP contribution < -0.4 is 12.4 Å². The monoisotopic (exact) mass is 352 g/mol. The van der Waals surface area contributed by atoms with Crippen LogP contribution in [-0.4, -0.2) is 0 Å². The number of unbranched alkanes of at least 4 members (excludes halogenated alkanes) is 2. The van der Waals surface area contributed by atoms with Gasteiger partial charge in [0.1, 0.15) is 0 Å². The summed E-state index contributed by atoms with van der Waals surface area (Å²) in [6.07, 6.45) is 22.8. The Morgan fingerprint density at radius 1 is 1.16 bits per heavy atom. The van der Waals surface area contributed by atoms with Crippen LogP contribution in [0.3, 0.4) is 0 Å². The van der Waals surface area contributed by atoms with Gasteiger partial charge in [-0.25, -0.2) is 0 Å². The molecular weight excluding hydrogens is 331 g/mol. The first kappa shape index (κ1) is 16.9. The van der Waals surface area contributed by atoms with Gasteiger partial charge in [0.2, 0.25) is 0 Å². The van der Waals surface area contributed by atoms with E-state index in [1.165, 1.54) is 32.1 Å². The van der Waals surface area contributed by atoms with Crippen LogP contribution in [-0.2, 0) is 21.8 Å². The van der Waals surface area contributed by atoms with Gasteiger partial charge in [-0.2, -0.15) is 0 Å². The van der Waals surface area contributed by atoms with E-state index in [0.717, 1.165) is 0 Å². The third-order valence-corrected chi connectivity index (χ3v) is 11.0. The molecule has 0 amide bonds. The van der Waals surface area contributed by atoms with Gasteiger partial charge in [0, 0.05) is 0 Å². The van der Waals surface area contributed by atoms with E-state index in [1.807, 2.05) is 0 Å². The molecule has 0 fully saturated rings. The van der Waals surface area contributed by atoms with Crippen LogP contribution in [0.25, 0.3) is 0 Å². The van der Waals surface area contributed by atoms with Gasteiger partial charge in [0.05, 0.1) is 0 Å². The number of halogens is 1. The Morgan fingerprint density at radius 3 is 2.16 bits per heavy atom. The molecule has 0 radical (unpaired) electrons. The van der Waals surface area contributed by atoms with Crippen molar-refractivity contribution in [3.63, 3.8) is 0 Å². The van der Waals surface area contributed by atoms with E-state index in [-0.39, 0.29) is 12.4 Å². The van der Waals surface area contributed by atoms with Gasteiger partial charge in [0.15, 0.2) is 0 Å². The van der Waals surface area contributed by atoms with E-state index in [9.17, 15) is 0 Å². The van der Waals surface area contributed by atoms with Crippen molar-refractivity contribution >= 4 is 0 Å². The first-order valence-electron chi connectivity index (χ1n) is 7.09. The Bertz CT molecular complexity index is 408. The fraction of sp³-hybridized carbons (Fsp3) is 0.412. The molecule has 0 spiro atoms. The Balaban J connectivity index is 0.00000180. The van der Waals surface area contributed by atoms with E-state index in [1.54, 1.807) is 9.84 Å². The Kier molecular flexibility index (Phi) is 7.95. The largest absolute Gasteiger partial charge is 1.00 e. The summed E-state index contributed by atoms with van der Waals surface area (Å²) in [6.45, 7) is 4.67. The van der Waals surface area contributed by atoms with Gasteiger partial charge in [-0.15, -0.1) is 0 Å². The Hall–Kier alpha value is -0.127. The molecule has 0 N–H and O–H groups in total. The van der Waals surface area contributed by atoms with Gasteiger partial charge in [-0.3, -0.25) is 0 Å². The maximum atomic E-state index is 2.54. The van der Waals surface area contributed by atoms with Crippen LogP contribution in [0.2, 0.25) is 0 Å². The predicted octanol–water partition coefficient (Wildman–Crippen LogP) is 2.39. The van der Waals surface area contributed by atoms with Crippen molar-refractivity contribution in [1.82, 2.24) is 0 Å². The Morgan fingerprint density at radius 2 is 1.74 bits per heavy atom. The minimum atomic E-state index is -1.67. The number of allylic oxidation sites excluding steroid dienone is 10. The van der Waals surface area contributed by atoms with Gasteiger partial charge in [0.25, 0.3) is 0 Å². The van der Waals surface area contributed by atoms with Gasteiger partial charge >= 0.3 is 120 Å². The quantitative estimate of drug-likeness (QED) is 0.643. The van der Waals surface area contributed by atoms with Gasteiger partial charge in [-0.05, 0) is 0 Å². The summed E-state index contributed by atoms with van der Waals surface area (Å²) in [5.41, 5.74) is 0. The molecule has 0 unspecified atom stereocenters. The molecule has 0 heterocycles. The zero-order chi connectivity index (χ0) is 12.8. The molecule has 0 atom stereocenters. The van der Waals surface area contributed by atoms with Crippen molar-refractivity contribution in [3.05, 3.63) is 52.4 Å². The standard InChI is InChI=1S/C7H13.2C5H5.ClH.Zr/c1-3-5-7-6-4-2;2*1-2-4-5-3-1;;/h6H,3,5,7H2,1-2H3;2*1-3H,4H2;1H;/q;;;;+1/p-1. The van der Waals surface area contributed by atoms with E-state index in [0.29, 0.717) is 0 Å². The summed E-state index contributed by atoms with van der Waals surface area (Å²) in [4.78, 5) is 0. The van der Waals surface area contributed by atoms with Gasteiger partial charge in [-0.1, -0.05) is 0 Å². The molecule has 0 aromatic rings. The van der Waals surface area contributed by atoms with Crippen LogP contribution in [0.1, 0.15) is 46.0 Å². The average molecular weight is 354 g/mol. The molecule has 0 bridgehead atoms. The second kappa shape index (κ2) is 8.93. The minimum Gasteiger partial charge on any atom is -1.00 e. The molecule has 2 aliphatic carbocycles. The summed E-state index contributed by atoms with van der Waals surface area (Å²) < 4.78 is 5.26. The van der Waals surface area contributed by atoms with Crippen LogP contribution in [0.5, 0.6) is 0 Å². The summed E-state index contributed by atoms with van der Waals surface area (Å²) in [7, 11) is 0. The normalized spacial score (nSPS) is 17.3. The molecule has 2 heteroatoms. The van der Waals surface area contributed by atoms with Crippen LogP contribution >= 0.6 is 0 Å². The van der Waals surface area contributed by atoms with E-state index >= 15 is 0 Å². The number of hydrogen-bond donors (Lipinski definition) is 0.